The highest BCUT2D eigenvalue weighted by molar-refractivity contribution is 5.36. The first-order chi connectivity index (χ1) is 7.31. The lowest BCUT2D eigenvalue weighted by molar-refractivity contribution is 0.205. The monoisotopic (exact) mass is 211 g/mol. The summed E-state index contributed by atoms with van der Waals surface area (Å²) in [5, 5.41) is 16.8. The molecule has 84 valence electrons. The lowest BCUT2D eigenvalue weighted by Gasteiger charge is -2.20. The van der Waals surface area contributed by atoms with Crippen LogP contribution in [-0.4, -0.2) is 42.1 Å². The molecule has 0 aromatic carbocycles. The number of anilines is 1. The third kappa shape index (κ3) is 3.45. The molecule has 0 saturated heterocycles. The highest BCUT2D eigenvalue weighted by atomic mass is 16.5. The number of hydrogen-bond donors (Lipinski definition) is 1. The van der Waals surface area contributed by atoms with E-state index >= 15 is 0 Å². The Morgan fingerprint density at radius 3 is 2.67 bits per heavy atom. The van der Waals surface area contributed by atoms with Gasteiger partial charge in [-0.1, -0.05) is 0 Å². The smallest absolute Gasteiger partial charge is 0.151 e. The van der Waals surface area contributed by atoms with E-state index in [1.807, 2.05) is 6.07 Å². The molecule has 5 nitrogen and oxygen atoms in total. The Morgan fingerprint density at radius 2 is 2.20 bits per heavy atom. The Bertz CT molecular complexity index is 277. The first-order valence-electron chi connectivity index (χ1n) is 4.99. The van der Waals surface area contributed by atoms with Gasteiger partial charge in [-0.2, -0.15) is 5.10 Å². The Balaban J connectivity index is 2.65. The van der Waals surface area contributed by atoms with Crippen LogP contribution >= 0.6 is 0 Å². The quantitative estimate of drug-likeness (QED) is 0.740. The van der Waals surface area contributed by atoms with Gasteiger partial charge in [0.2, 0.25) is 0 Å². The first-order valence-corrected chi connectivity index (χ1v) is 4.99. The maximum Gasteiger partial charge on any atom is 0.151 e. The second-order valence-corrected chi connectivity index (χ2v) is 3.11. The van der Waals surface area contributed by atoms with Gasteiger partial charge in [0.05, 0.1) is 18.9 Å². The summed E-state index contributed by atoms with van der Waals surface area (Å²) >= 11 is 0. The van der Waals surface area contributed by atoms with E-state index in [4.69, 9.17) is 9.84 Å². The normalized spacial score (nSPS) is 10.3. The molecule has 15 heavy (non-hydrogen) atoms. The van der Waals surface area contributed by atoms with E-state index in [1.54, 1.807) is 13.2 Å². The fourth-order valence-electron chi connectivity index (χ4n) is 1.24. The summed E-state index contributed by atoms with van der Waals surface area (Å²) in [6.07, 6.45) is 0. The van der Waals surface area contributed by atoms with E-state index in [1.165, 1.54) is 0 Å². The fourth-order valence-corrected chi connectivity index (χ4v) is 1.24. The highest BCUT2D eigenvalue weighted by Crippen LogP contribution is 2.08. The molecule has 1 N–H and O–H groups in total. The largest absolute Gasteiger partial charge is 0.390 e. The summed E-state index contributed by atoms with van der Waals surface area (Å²) < 4.78 is 5.01. The van der Waals surface area contributed by atoms with Gasteiger partial charge in [0, 0.05) is 20.2 Å². The second-order valence-electron chi connectivity index (χ2n) is 3.11. The third-order valence-electron chi connectivity index (χ3n) is 2.14. The van der Waals surface area contributed by atoms with Crippen LogP contribution in [0.2, 0.25) is 0 Å². The van der Waals surface area contributed by atoms with Crippen LogP contribution in [0, 0.1) is 0 Å². The zero-order valence-corrected chi connectivity index (χ0v) is 9.18. The SMILES string of the molecule is CCN(CCOC)c1ccc(CO)nn1. The van der Waals surface area contributed by atoms with Gasteiger partial charge in [0.15, 0.2) is 5.82 Å². The number of methoxy groups -OCH3 is 1. The molecule has 5 heteroatoms. The summed E-state index contributed by atoms with van der Waals surface area (Å²) in [5.74, 6) is 0.812. The molecule has 0 spiro atoms. The number of aromatic nitrogens is 2. The molecule has 1 heterocycles. The number of aliphatic hydroxyl groups is 1. The van der Waals surface area contributed by atoms with E-state index in [2.05, 4.69) is 22.0 Å². The predicted molar refractivity (Wildman–Crippen MR) is 57.7 cm³/mol. The van der Waals surface area contributed by atoms with E-state index in [-0.39, 0.29) is 6.61 Å². The average Bonchev–Trinajstić information content (AvgIpc) is 2.31. The molecule has 0 radical (unpaired) electrons. The van der Waals surface area contributed by atoms with E-state index < -0.39 is 0 Å². The number of nitrogens with zero attached hydrogens (tertiary/aromatic N) is 3. The fraction of sp³-hybridized carbons (Fsp3) is 0.600. The van der Waals surface area contributed by atoms with Crippen LogP contribution in [0.3, 0.4) is 0 Å². The molecule has 0 fully saturated rings. The minimum atomic E-state index is -0.0719. The summed E-state index contributed by atoms with van der Waals surface area (Å²) in [6.45, 7) is 4.29. The predicted octanol–water partition coefficient (Wildman–Crippen LogP) is 0.442. The molecule has 0 aliphatic heterocycles. The zero-order valence-electron chi connectivity index (χ0n) is 9.18. The molecule has 0 aliphatic carbocycles. The topological polar surface area (TPSA) is 58.5 Å². The van der Waals surface area contributed by atoms with Crippen molar-refractivity contribution < 1.29 is 9.84 Å². The van der Waals surface area contributed by atoms with Crippen molar-refractivity contribution in [3.63, 3.8) is 0 Å². The van der Waals surface area contributed by atoms with Crippen molar-refractivity contribution in [3.05, 3.63) is 17.8 Å². The number of hydrogen-bond acceptors (Lipinski definition) is 5. The van der Waals surface area contributed by atoms with Crippen molar-refractivity contribution >= 4 is 5.82 Å². The van der Waals surface area contributed by atoms with Gasteiger partial charge in [-0.25, -0.2) is 0 Å². The molecule has 0 unspecified atom stereocenters. The van der Waals surface area contributed by atoms with Gasteiger partial charge in [-0.15, -0.1) is 5.10 Å². The third-order valence-corrected chi connectivity index (χ3v) is 2.14. The van der Waals surface area contributed by atoms with Crippen molar-refractivity contribution in [1.29, 1.82) is 0 Å². The van der Waals surface area contributed by atoms with Crippen molar-refractivity contribution in [2.24, 2.45) is 0 Å². The molecular weight excluding hydrogens is 194 g/mol. The minimum absolute atomic E-state index is 0.0719. The standard InChI is InChI=1S/C10H17N3O2/c1-3-13(6-7-15-2)10-5-4-9(8-14)11-12-10/h4-5,14H,3,6-8H2,1-2H3. The second kappa shape index (κ2) is 6.31. The number of ether oxygens (including phenoxy) is 1. The van der Waals surface area contributed by atoms with E-state index in [0.717, 1.165) is 18.9 Å². The highest BCUT2D eigenvalue weighted by Gasteiger charge is 2.05. The summed E-state index contributed by atoms with van der Waals surface area (Å²) in [7, 11) is 1.67. The maximum atomic E-state index is 8.83. The Kier molecular flexibility index (Phi) is 5.00. The lowest BCUT2D eigenvalue weighted by Crippen LogP contribution is -2.27. The van der Waals surface area contributed by atoms with Crippen molar-refractivity contribution in [1.82, 2.24) is 10.2 Å². The maximum absolute atomic E-state index is 8.83. The van der Waals surface area contributed by atoms with Crippen LogP contribution in [0.25, 0.3) is 0 Å². The molecule has 0 bridgehead atoms. The van der Waals surface area contributed by atoms with Crippen LogP contribution in [0.5, 0.6) is 0 Å². The Hall–Kier alpha value is -1.20. The van der Waals surface area contributed by atoms with Crippen LogP contribution in [0.4, 0.5) is 5.82 Å². The summed E-state index contributed by atoms with van der Waals surface area (Å²) in [6, 6.07) is 3.63. The van der Waals surface area contributed by atoms with Gasteiger partial charge < -0.3 is 14.7 Å². The lowest BCUT2D eigenvalue weighted by atomic mass is 10.4. The molecule has 1 aromatic rings. The average molecular weight is 211 g/mol. The van der Waals surface area contributed by atoms with Crippen LogP contribution < -0.4 is 4.90 Å². The van der Waals surface area contributed by atoms with Gasteiger partial charge >= 0.3 is 0 Å². The number of likely N-dealkylation sites (N-methyl/N-ethyl adjacent to an activating group) is 1. The molecule has 0 saturated carbocycles. The van der Waals surface area contributed by atoms with Gasteiger partial charge in [-0.05, 0) is 19.1 Å². The number of aliphatic hydroxyl groups excluding tert-OH is 1. The molecule has 1 rings (SSSR count). The zero-order chi connectivity index (χ0) is 11.1. The van der Waals surface area contributed by atoms with Crippen molar-refractivity contribution in [2.45, 2.75) is 13.5 Å². The Morgan fingerprint density at radius 1 is 1.40 bits per heavy atom. The minimum Gasteiger partial charge on any atom is -0.390 e. The van der Waals surface area contributed by atoms with Crippen LogP contribution in [0.1, 0.15) is 12.6 Å². The molecule has 0 atom stereocenters. The van der Waals surface area contributed by atoms with Crippen LogP contribution in [0.15, 0.2) is 12.1 Å². The molecular formula is C10H17N3O2. The van der Waals surface area contributed by atoms with Gasteiger partial charge in [-0.3, -0.25) is 0 Å². The molecule has 0 amide bonds. The van der Waals surface area contributed by atoms with E-state index in [9.17, 15) is 0 Å². The molecule has 0 aliphatic rings. The van der Waals surface area contributed by atoms with Gasteiger partial charge in [0.25, 0.3) is 0 Å². The van der Waals surface area contributed by atoms with E-state index in [0.29, 0.717) is 12.3 Å². The summed E-state index contributed by atoms with van der Waals surface area (Å²) in [5.41, 5.74) is 0.585. The van der Waals surface area contributed by atoms with Crippen molar-refractivity contribution in [3.8, 4) is 0 Å². The van der Waals surface area contributed by atoms with Gasteiger partial charge in [0.1, 0.15) is 0 Å². The van der Waals surface area contributed by atoms with Crippen LogP contribution in [-0.2, 0) is 11.3 Å². The van der Waals surface area contributed by atoms with Crippen molar-refractivity contribution in [2.75, 3.05) is 31.7 Å². The number of rotatable bonds is 6. The molecule has 1 aromatic heterocycles. The first kappa shape index (κ1) is 11.9. The Labute approximate surface area is 89.7 Å². The summed E-state index contributed by atoms with van der Waals surface area (Å²) in [4.78, 5) is 2.07.